The molecule has 5 aliphatic rings. The first-order chi connectivity index (χ1) is 15.3. The predicted octanol–water partition coefficient (Wildman–Crippen LogP) is 8.27. The van der Waals surface area contributed by atoms with Gasteiger partial charge in [-0.05, 0) is 117 Å². The van der Waals surface area contributed by atoms with Gasteiger partial charge in [0.25, 0.3) is 0 Å². The van der Waals surface area contributed by atoms with Crippen LogP contribution < -0.4 is 0 Å². The number of allylic oxidation sites excluding steroid dienone is 4. The summed E-state index contributed by atoms with van der Waals surface area (Å²) in [6.07, 6.45) is 14.6. The van der Waals surface area contributed by atoms with Gasteiger partial charge in [0.2, 0.25) is 0 Å². The van der Waals surface area contributed by atoms with Gasteiger partial charge < -0.3 is 4.74 Å². The number of fused-ring (bicyclic) bond motifs is 7. The summed E-state index contributed by atoms with van der Waals surface area (Å²) in [7, 11) is 1.61. The van der Waals surface area contributed by atoms with E-state index in [2.05, 4.69) is 54.5 Å². The van der Waals surface area contributed by atoms with Crippen molar-refractivity contribution in [1.82, 2.24) is 0 Å². The standard InChI is InChI=1S/C31H48O2/c1-20-11-13-28(5)22(21(20)2)12-14-30(7)25(28)10-9-23-24-19-27(3,4)15-17-31(24,26(32)33-8)18-16-29(23,30)6/h9,22,24-25H,10-19H2,1-8H3/t22-,24-,25+,28-,29+,30+,31-/m0/s1. The average Bonchev–Trinajstić information content (AvgIpc) is 2.76. The second-order valence-corrected chi connectivity index (χ2v) is 14.3. The van der Waals surface area contributed by atoms with E-state index in [1.807, 2.05) is 0 Å². The third-order valence-electron chi connectivity index (χ3n) is 12.7. The van der Waals surface area contributed by atoms with Crippen molar-refractivity contribution in [2.75, 3.05) is 7.11 Å². The van der Waals surface area contributed by atoms with Crippen LogP contribution in [0.15, 0.2) is 22.8 Å². The van der Waals surface area contributed by atoms with Gasteiger partial charge in [-0.3, -0.25) is 4.79 Å². The van der Waals surface area contributed by atoms with Crippen molar-refractivity contribution in [3.8, 4) is 0 Å². The summed E-state index contributed by atoms with van der Waals surface area (Å²) in [5.74, 6) is 1.92. The first-order valence-electron chi connectivity index (χ1n) is 13.8. The number of hydrogen-bond donors (Lipinski definition) is 0. The molecule has 0 heterocycles. The lowest BCUT2D eigenvalue weighted by molar-refractivity contribution is -0.175. The summed E-state index contributed by atoms with van der Waals surface area (Å²) < 4.78 is 5.50. The maximum atomic E-state index is 13.3. The number of esters is 1. The zero-order chi connectivity index (χ0) is 24.0. The van der Waals surface area contributed by atoms with Crippen LogP contribution in [0.4, 0.5) is 0 Å². The lowest BCUT2D eigenvalue weighted by Gasteiger charge is -2.69. The summed E-state index contributed by atoms with van der Waals surface area (Å²) in [6, 6.07) is 0. The Morgan fingerprint density at radius 1 is 0.939 bits per heavy atom. The SMILES string of the molecule is COC(=O)[C@]12CCC(C)(C)C[C@H]1C1=CC[C@@H]3[C@@]4(C)CCC(C)=C(C)[C@@H]4CC[C@@]3(C)[C@]1(C)CC2. The third kappa shape index (κ3) is 2.94. The van der Waals surface area contributed by atoms with Crippen molar-refractivity contribution in [2.24, 2.45) is 44.8 Å². The van der Waals surface area contributed by atoms with E-state index in [-0.39, 0.29) is 16.8 Å². The van der Waals surface area contributed by atoms with Crippen molar-refractivity contribution in [2.45, 2.75) is 113 Å². The van der Waals surface area contributed by atoms with Gasteiger partial charge in [0.05, 0.1) is 12.5 Å². The van der Waals surface area contributed by atoms with Gasteiger partial charge in [-0.2, -0.15) is 0 Å². The van der Waals surface area contributed by atoms with Crippen molar-refractivity contribution >= 4 is 5.97 Å². The van der Waals surface area contributed by atoms with E-state index in [0.717, 1.165) is 43.9 Å². The van der Waals surface area contributed by atoms with Gasteiger partial charge >= 0.3 is 5.97 Å². The van der Waals surface area contributed by atoms with Crippen LogP contribution in [0.5, 0.6) is 0 Å². The van der Waals surface area contributed by atoms with Crippen LogP contribution in [0.1, 0.15) is 113 Å². The van der Waals surface area contributed by atoms with Gasteiger partial charge in [-0.25, -0.2) is 0 Å². The Kier molecular flexibility index (Phi) is 5.19. The quantitative estimate of drug-likeness (QED) is 0.295. The van der Waals surface area contributed by atoms with Gasteiger partial charge in [-0.15, -0.1) is 0 Å². The van der Waals surface area contributed by atoms with Gasteiger partial charge in [0, 0.05) is 0 Å². The molecule has 5 rings (SSSR count). The number of carbonyl (C=O) groups is 1. The molecule has 3 saturated carbocycles. The van der Waals surface area contributed by atoms with Crippen LogP contribution in [-0.2, 0) is 9.53 Å². The Labute approximate surface area is 203 Å². The monoisotopic (exact) mass is 452 g/mol. The lowest BCUT2D eigenvalue weighted by Crippen LogP contribution is -2.62. The minimum atomic E-state index is -0.290. The van der Waals surface area contributed by atoms with Crippen LogP contribution >= 0.6 is 0 Å². The molecular weight excluding hydrogens is 404 g/mol. The summed E-state index contributed by atoms with van der Waals surface area (Å²) in [6.45, 7) is 17.5. The highest BCUT2D eigenvalue weighted by atomic mass is 16.5. The minimum absolute atomic E-state index is 0.0671. The van der Waals surface area contributed by atoms with Crippen molar-refractivity contribution in [3.05, 3.63) is 22.8 Å². The largest absolute Gasteiger partial charge is 0.469 e. The van der Waals surface area contributed by atoms with Crippen LogP contribution in [0.25, 0.3) is 0 Å². The minimum Gasteiger partial charge on any atom is -0.469 e. The molecule has 0 aromatic carbocycles. The fourth-order valence-corrected chi connectivity index (χ4v) is 10.2. The van der Waals surface area contributed by atoms with E-state index in [0.29, 0.717) is 22.2 Å². The first-order valence-corrected chi connectivity index (χ1v) is 13.8. The molecule has 0 aromatic rings. The molecule has 0 amide bonds. The third-order valence-corrected chi connectivity index (χ3v) is 12.7. The highest BCUT2D eigenvalue weighted by Crippen LogP contribution is 2.74. The number of hydrogen-bond acceptors (Lipinski definition) is 2. The molecule has 2 nitrogen and oxygen atoms in total. The van der Waals surface area contributed by atoms with Gasteiger partial charge in [0.15, 0.2) is 0 Å². The molecule has 0 unspecified atom stereocenters. The van der Waals surface area contributed by atoms with E-state index < -0.39 is 0 Å². The number of rotatable bonds is 1. The molecule has 5 aliphatic carbocycles. The van der Waals surface area contributed by atoms with E-state index in [1.165, 1.54) is 32.1 Å². The van der Waals surface area contributed by atoms with E-state index in [1.54, 1.807) is 23.8 Å². The highest BCUT2D eigenvalue weighted by Gasteiger charge is 2.67. The van der Waals surface area contributed by atoms with Gasteiger partial charge in [-0.1, -0.05) is 57.4 Å². The number of ether oxygens (including phenoxy) is 1. The lowest BCUT2D eigenvalue weighted by atomic mass is 9.35. The molecule has 0 spiro atoms. The molecule has 3 fully saturated rings. The Morgan fingerprint density at radius 2 is 1.64 bits per heavy atom. The number of carbonyl (C=O) groups excluding carboxylic acids is 1. The van der Waals surface area contributed by atoms with Crippen molar-refractivity contribution < 1.29 is 9.53 Å². The molecule has 33 heavy (non-hydrogen) atoms. The first kappa shape index (κ1) is 23.7. The summed E-state index contributed by atoms with van der Waals surface area (Å²) >= 11 is 0. The number of methoxy groups -OCH3 is 1. The summed E-state index contributed by atoms with van der Waals surface area (Å²) in [4.78, 5) is 13.3. The van der Waals surface area contributed by atoms with Crippen molar-refractivity contribution in [1.29, 1.82) is 0 Å². The zero-order valence-electron chi connectivity index (χ0n) is 22.7. The van der Waals surface area contributed by atoms with E-state index in [4.69, 9.17) is 4.74 Å². The van der Waals surface area contributed by atoms with Crippen molar-refractivity contribution in [3.63, 3.8) is 0 Å². The highest BCUT2D eigenvalue weighted by molar-refractivity contribution is 5.78. The fraction of sp³-hybridized carbons (Fsp3) is 0.839. The molecular formula is C31H48O2. The van der Waals surface area contributed by atoms with Crippen LogP contribution in [0.2, 0.25) is 0 Å². The topological polar surface area (TPSA) is 26.3 Å². The zero-order valence-corrected chi connectivity index (χ0v) is 22.7. The Morgan fingerprint density at radius 3 is 2.33 bits per heavy atom. The molecule has 0 bridgehead atoms. The maximum Gasteiger partial charge on any atom is 0.312 e. The molecule has 2 heteroatoms. The molecule has 0 aliphatic heterocycles. The molecule has 184 valence electrons. The molecule has 7 atom stereocenters. The summed E-state index contributed by atoms with van der Waals surface area (Å²) in [5.41, 5.74) is 5.93. The van der Waals surface area contributed by atoms with Crippen LogP contribution in [0.3, 0.4) is 0 Å². The second kappa shape index (κ2) is 7.23. The van der Waals surface area contributed by atoms with E-state index in [9.17, 15) is 4.79 Å². The van der Waals surface area contributed by atoms with Crippen LogP contribution in [0, 0.1) is 44.8 Å². The molecule has 0 aromatic heterocycles. The molecule has 0 N–H and O–H groups in total. The molecule has 0 radical (unpaired) electrons. The average molecular weight is 453 g/mol. The van der Waals surface area contributed by atoms with Gasteiger partial charge in [0.1, 0.15) is 0 Å². The van der Waals surface area contributed by atoms with Crippen LogP contribution in [-0.4, -0.2) is 13.1 Å². The van der Waals surface area contributed by atoms with E-state index >= 15 is 0 Å². The fourth-order valence-electron chi connectivity index (χ4n) is 10.2. The maximum absolute atomic E-state index is 13.3. The Balaban J connectivity index is 1.60. The predicted molar refractivity (Wildman–Crippen MR) is 136 cm³/mol. The molecule has 0 saturated heterocycles. The smallest absolute Gasteiger partial charge is 0.312 e. The Hall–Kier alpha value is -1.05. The Bertz CT molecular complexity index is 923. The summed E-state index contributed by atoms with van der Waals surface area (Å²) in [5, 5.41) is 0. The normalized spacial score (nSPS) is 48.6. The second-order valence-electron chi connectivity index (χ2n) is 14.3.